The minimum absolute atomic E-state index is 0.133. The SMILES string of the molecule is CC1(C)OC2C(CO)O[C@]3(COC(C)(C)O3)C2O1. The van der Waals surface area contributed by atoms with E-state index >= 15 is 0 Å². The molecule has 3 heterocycles. The summed E-state index contributed by atoms with van der Waals surface area (Å²) in [6, 6.07) is 0. The number of aliphatic hydroxyl groups is 1. The molecule has 4 atom stereocenters. The van der Waals surface area contributed by atoms with Gasteiger partial charge in [0.15, 0.2) is 11.6 Å². The Bertz CT molecular complexity index is 354. The second-order valence-electron chi connectivity index (χ2n) is 5.96. The second-order valence-corrected chi connectivity index (χ2v) is 5.96. The van der Waals surface area contributed by atoms with Crippen LogP contribution in [-0.2, 0) is 23.7 Å². The molecular weight excluding hydrogens is 240 g/mol. The van der Waals surface area contributed by atoms with Gasteiger partial charge in [-0.05, 0) is 27.7 Å². The standard InChI is InChI=1S/C12H20O6/c1-10(2)14-6-12(18-10)9-8(7(5-13)15-12)16-11(3,4)17-9/h7-9,13H,5-6H2,1-4H3/t7?,8?,9?,12-/m0/s1. The van der Waals surface area contributed by atoms with E-state index in [0.717, 1.165) is 0 Å². The molecule has 3 aliphatic rings. The van der Waals surface area contributed by atoms with Crippen molar-refractivity contribution in [3.63, 3.8) is 0 Å². The quantitative estimate of drug-likeness (QED) is 0.735. The van der Waals surface area contributed by atoms with Crippen molar-refractivity contribution in [2.45, 2.75) is 63.4 Å². The molecule has 6 heteroatoms. The Morgan fingerprint density at radius 2 is 1.78 bits per heavy atom. The lowest BCUT2D eigenvalue weighted by atomic mass is 10.1. The maximum atomic E-state index is 9.40. The van der Waals surface area contributed by atoms with Crippen molar-refractivity contribution >= 4 is 0 Å². The van der Waals surface area contributed by atoms with Crippen LogP contribution in [0.1, 0.15) is 27.7 Å². The van der Waals surface area contributed by atoms with Crippen LogP contribution in [0, 0.1) is 0 Å². The Labute approximate surface area is 106 Å². The van der Waals surface area contributed by atoms with E-state index in [1.807, 2.05) is 27.7 Å². The van der Waals surface area contributed by atoms with E-state index in [4.69, 9.17) is 23.7 Å². The number of hydrogen-bond donors (Lipinski definition) is 1. The Morgan fingerprint density at radius 1 is 1.06 bits per heavy atom. The predicted molar refractivity (Wildman–Crippen MR) is 59.6 cm³/mol. The van der Waals surface area contributed by atoms with Gasteiger partial charge in [-0.1, -0.05) is 0 Å². The van der Waals surface area contributed by atoms with Crippen molar-refractivity contribution in [2.75, 3.05) is 13.2 Å². The van der Waals surface area contributed by atoms with Crippen molar-refractivity contribution in [3.8, 4) is 0 Å². The molecule has 3 fully saturated rings. The summed E-state index contributed by atoms with van der Waals surface area (Å²) in [6.07, 6.45) is -1.16. The highest BCUT2D eigenvalue weighted by Crippen LogP contribution is 2.49. The minimum atomic E-state index is -0.977. The largest absolute Gasteiger partial charge is 0.394 e. The molecule has 1 spiro atoms. The van der Waals surface area contributed by atoms with Crippen molar-refractivity contribution in [1.82, 2.24) is 0 Å². The first-order chi connectivity index (χ1) is 8.27. The van der Waals surface area contributed by atoms with E-state index in [0.29, 0.717) is 0 Å². The van der Waals surface area contributed by atoms with Crippen LogP contribution in [0.25, 0.3) is 0 Å². The number of aliphatic hydroxyl groups excluding tert-OH is 1. The van der Waals surface area contributed by atoms with Gasteiger partial charge in [0.05, 0.1) is 6.61 Å². The normalized spacial score (nSPS) is 48.8. The minimum Gasteiger partial charge on any atom is -0.394 e. The molecule has 3 unspecified atom stereocenters. The number of ether oxygens (including phenoxy) is 5. The van der Waals surface area contributed by atoms with Gasteiger partial charge in [-0.15, -0.1) is 0 Å². The van der Waals surface area contributed by atoms with Gasteiger partial charge in [-0.2, -0.15) is 0 Å². The van der Waals surface area contributed by atoms with E-state index < -0.39 is 23.5 Å². The molecule has 0 amide bonds. The summed E-state index contributed by atoms with van der Waals surface area (Å²) < 4.78 is 28.9. The fourth-order valence-corrected chi connectivity index (χ4v) is 2.88. The maximum absolute atomic E-state index is 9.40. The molecule has 18 heavy (non-hydrogen) atoms. The summed E-state index contributed by atoms with van der Waals surface area (Å²) in [7, 11) is 0. The Morgan fingerprint density at radius 3 is 2.33 bits per heavy atom. The summed E-state index contributed by atoms with van der Waals surface area (Å²) in [5.74, 6) is -2.39. The fraction of sp³-hybridized carbons (Fsp3) is 1.00. The topological polar surface area (TPSA) is 66.4 Å². The smallest absolute Gasteiger partial charge is 0.224 e. The fourth-order valence-electron chi connectivity index (χ4n) is 2.88. The van der Waals surface area contributed by atoms with Crippen LogP contribution in [0.15, 0.2) is 0 Å². The van der Waals surface area contributed by atoms with Gasteiger partial charge in [0, 0.05) is 0 Å². The highest BCUT2D eigenvalue weighted by atomic mass is 16.9. The van der Waals surface area contributed by atoms with Crippen LogP contribution in [0.4, 0.5) is 0 Å². The molecule has 104 valence electrons. The molecular formula is C12H20O6. The van der Waals surface area contributed by atoms with Crippen molar-refractivity contribution in [3.05, 3.63) is 0 Å². The van der Waals surface area contributed by atoms with Gasteiger partial charge < -0.3 is 28.8 Å². The van der Waals surface area contributed by atoms with Crippen LogP contribution in [-0.4, -0.2) is 54.0 Å². The monoisotopic (exact) mass is 260 g/mol. The zero-order chi connectivity index (χ0) is 13.2. The molecule has 6 nitrogen and oxygen atoms in total. The van der Waals surface area contributed by atoms with Crippen LogP contribution in [0.2, 0.25) is 0 Å². The summed E-state index contributed by atoms with van der Waals surface area (Å²) >= 11 is 0. The maximum Gasteiger partial charge on any atom is 0.224 e. The lowest BCUT2D eigenvalue weighted by Gasteiger charge is -2.30. The molecule has 3 saturated heterocycles. The Balaban J connectivity index is 1.89. The van der Waals surface area contributed by atoms with Crippen LogP contribution < -0.4 is 0 Å². The van der Waals surface area contributed by atoms with Gasteiger partial charge in [-0.25, -0.2) is 0 Å². The van der Waals surface area contributed by atoms with Crippen LogP contribution in [0.3, 0.4) is 0 Å². The third-order valence-electron chi connectivity index (χ3n) is 3.50. The number of fused-ring (bicyclic) bond motifs is 2. The number of rotatable bonds is 1. The van der Waals surface area contributed by atoms with E-state index in [9.17, 15) is 5.11 Å². The lowest BCUT2D eigenvalue weighted by molar-refractivity contribution is -0.298. The van der Waals surface area contributed by atoms with Gasteiger partial charge in [-0.3, -0.25) is 0 Å². The first kappa shape index (κ1) is 12.8. The zero-order valence-corrected chi connectivity index (χ0v) is 11.1. The van der Waals surface area contributed by atoms with Gasteiger partial charge >= 0.3 is 0 Å². The first-order valence-electron chi connectivity index (χ1n) is 6.25. The van der Waals surface area contributed by atoms with E-state index in [1.54, 1.807) is 0 Å². The van der Waals surface area contributed by atoms with E-state index in [-0.39, 0.29) is 25.4 Å². The summed E-state index contributed by atoms with van der Waals surface area (Å²) in [6.45, 7) is 7.48. The molecule has 0 aromatic rings. The van der Waals surface area contributed by atoms with Gasteiger partial charge in [0.25, 0.3) is 0 Å². The lowest BCUT2D eigenvalue weighted by Crippen LogP contribution is -2.46. The summed E-state index contributed by atoms with van der Waals surface area (Å²) in [5, 5.41) is 9.40. The summed E-state index contributed by atoms with van der Waals surface area (Å²) in [4.78, 5) is 0. The average Bonchev–Trinajstić information content (AvgIpc) is 2.81. The summed E-state index contributed by atoms with van der Waals surface area (Å²) in [5.41, 5.74) is 0. The average molecular weight is 260 g/mol. The molecule has 0 radical (unpaired) electrons. The first-order valence-corrected chi connectivity index (χ1v) is 6.25. The van der Waals surface area contributed by atoms with Crippen LogP contribution >= 0.6 is 0 Å². The third-order valence-corrected chi connectivity index (χ3v) is 3.50. The highest BCUT2D eigenvalue weighted by Gasteiger charge is 2.67. The van der Waals surface area contributed by atoms with Gasteiger partial charge in [0.1, 0.15) is 24.9 Å². The molecule has 0 saturated carbocycles. The Kier molecular flexibility index (Phi) is 2.59. The van der Waals surface area contributed by atoms with Crippen LogP contribution in [0.5, 0.6) is 0 Å². The Hall–Kier alpha value is -0.240. The van der Waals surface area contributed by atoms with Gasteiger partial charge in [0.2, 0.25) is 5.79 Å². The molecule has 0 aliphatic carbocycles. The second kappa shape index (κ2) is 3.65. The van der Waals surface area contributed by atoms with Crippen molar-refractivity contribution in [1.29, 1.82) is 0 Å². The van der Waals surface area contributed by atoms with E-state index in [1.165, 1.54) is 0 Å². The molecule has 3 aliphatic heterocycles. The molecule has 0 aromatic heterocycles. The zero-order valence-electron chi connectivity index (χ0n) is 11.1. The number of hydrogen-bond acceptors (Lipinski definition) is 6. The molecule has 0 bridgehead atoms. The highest BCUT2D eigenvalue weighted by molar-refractivity contribution is 5.05. The van der Waals surface area contributed by atoms with Crippen molar-refractivity contribution < 1.29 is 28.8 Å². The third kappa shape index (κ3) is 1.79. The van der Waals surface area contributed by atoms with E-state index in [2.05, 4.69) is 0 Å². The molecule has 1 N–H and O–H groups in total. The molecule has 0 aromatic carbocycles. The molecule has 3 rings (SSSR count). The van der Waals surface area contributed by atoms with Crippen molar-refractivity contribution in [2.24, 2.45) is 0 Å². The predicted octanol–water partition coefficient (Wildman–Crippen LogP) is 0.377.